The predicted molar refractivity (Wildman–Crippen MR) is 89.6 cm³/mol. The smallest absolute Gasteiger partial charge is 0.240 e. The van der Waals surface area contributed by atoms with E-state index in [0.29, 0.717) is 6.54 Å². The molecule has 0 radical (unpaired) electrons. The topological polar surface area (TPSA) is 87.3 Å². The number of sulfonamides is 1. The van der Waals surface area contributed by atoms with Crippen LogP contribution in [-0.2, 0) is 14.8 Å². The summed E-state index contributed by atoms with van der Waals surface area (Å²) in [6.07, 6.45) is 0.116. The van der Waals surface area contributed by atoms with Crippen molar-refractivity contribution >= 4 is 28.3 Å². The van der Waals surface area contributed by atoms with E-state index in [9.17, 15) is 13.2 Å². The average molecular weight is 350 g/mol. The van der Waals surface area contributed by atoms with Crippen molar-refractivity contribution in [3.8, 4) is 0 Å². The Balaban J connectivity index is 0.00000441. The minimum Gasteiger partial charge on any atom is -0.355 e. The first-order valence-corrected chi connectivity index (χ1v) is 8.49. The zero-order valence-electron chi connectivity index (χ0n) is 12.8. The second-order valence-corrected chi connectivity index (χ2v) is 6.49. The summed E-state index contributed by atoms with van der Waals surface area (Å²) >= 11 is 0. The van der Waals surface area contributed by atoms with Crippen LogP contribution in [0.2, 0.25) is 0 Å². The third kappa shape index (κ3) is 7.74. The molecule has 1 atom stereocenters. The van der Waals surface area contributed by atoms with Gasteiger partial charge in [0.05, 0.1) is 4.90 Å². The van der Waals surface area contributed by atoms with Gasteiger partial charge >= 0.3 is 0 Å². The number of rotatable bonds is 9. The normalized spacial score (nSPS) is 12.3. The summed E-state index contributed by atoms with van der Waals surface area (Å²) < 4.78 is 26.2. The van der Waals surface area contributed by atoms with Gasteiger partial charge in [0.15, 0.2) is 0 Å². The van der Waals surface area contributed by atoms with Crippen molar-refractivity contribution in [2.45, 2.75) is 31.2 Å². The van der Waals surface area contributed by atoms with Crippen LogP contribution < -0.4 is 15.4 Å². The number of halogens is 1. The molecule has 0 aliphatic rings. The Morgan fingerprint density at radius 2 is 1.86 bits per heavy atom. The highest BCUT2D eigenvalue weighted by Crippen LogP contribution is 2.06. The zero-order valence-corrected chi connectivity index (χ0v) is 14.5. The molecule has 22 heavy (non-hydrogen) atoms. The van der Waals surface area contributed by atoms with E-state index in [4.69, 9.17) is 0 Å². The maximum atomic E-state index is 11.9. The largest absolute Gasteiger partial charge is 0.355 e. The predicted octanol–water partition coefficient (Wildman–Crippen LogP) is 0.891. The number of benzene rings is 1. The van der Waals surface area contributed by atoms with Gasteiger partial charge in [-0.05, 0) is 25.6 Å². The molecule has 0 aliphatic carbocycles. The molecular weight excluding hydrogens is 326 g/mol. The van der Waals surface area contributed by atoms with Crippen LogP contribution in [0.15, 0.2) is 35.2 Å². The van der Waals surface area contributed by atoms with E-state index in [1.54, 1.807) is 18.2 Å². The molecule has 1 aromatic carbocycles. The van der Waals surface area contributed by atoms with E-state index in [0.717, 1.165) is 6.54 Å². The van der Waals surface area contributed by atoms with Crippen LogP contribution in [0.25, 0.3) is 0 Å². The molecular formula is C14H24ClN3O3S. The highest BCUT2D eigenvalue weighted by Gasteiger charge is 2.13. The molecule has 0 spiro atoms. The molecule has 1 rings (SSSR count). The molecule has 0 aliphatic heterocycles. The average Bonchev–Trinajstić information content (AvgIpc) is 2.46. The van der Waals surface area contributed by atoms with Gasteiger partial charge in [0.2, 0.25) is 15.9 Å². The minimum absolute atomic E-state index is 0. The van der Waals surface area contributed by atoms with E-state index in [1.165, 1.54) is 12.1 Å². The molecule has 1 aromatic rings. The van der Waals surface area contributed by atoms with E-state index in [-0.39, 0.29) is 42.2 Å². The fourth-order valence-corrected chi connectivity index (χ4v) is 2.81. The zero-order chi connectivity index (χ0) is 15.7. The molecule has 0 fully saturated rings. The quantitative estimate of drug-likeness (QED) is 0.618. The maximum absolute atomic E-state index is 11.9. The van der Waals surface area contributed by atoms with E-state index in [2.05, 4.69) is 15.4 Å². The third-order valence-electron chi connectivity index (χ3n) is 2.86. The molecule has 0 bridgehead atoms. The van der Waals surface area contributed by atoms with Crippen molar-refractivity contribution in [1.29, 1.82) is 0 Å². The Kier molecular flexibility index (Phi) is 10.0. The lowest BCUT2D eigenvalue weighted by atomic mass is 10.3. The van der Waals surface area contributed by atoms with E-state index >= 15 is 0 Å². The van der Waals surface area contributed by atoms with E-state index in [1.807, 2.05) is 13.8 Å². The summed E-state index contributed by atoms with van der Waals surface area (Å²) in [6, 6.07) is 8.28. The highest BCUT2D eigenvalue weighted by molar-refractivity contribution is 7.89. The van der Waals surface area contributed by atoms with Crippen LogP contribution in [0.5, 0.6) is 0 Å². The summed E-state index contributed by atoms with van der Waals surface area (Å²) in [7, 11) is -3.54. The third-order valence-corrected chi connectivity index (χ3v) is 4.33. The van der Waals surface area contributed by atoms with Gasteiger partial charge in [-0.2, -0.15) is 0 Å². The van der Waals surface area contributed by atoms with Crippen LogP contribution in [0, 0.1) is 0 Å². The van der Waals surface area contributed by atoms with Crippen molar-refractivity contribution in [3.05, 3.63) is 30.3 Å². The molecule has 0 saturated heterocycles. The van der Waals surface area contributed by atoms with Crippen LogP contribution in [-0.4, -0.2) is 40.0 Å². The summed E-state index contributed by atoms with van der Waals surface area (Å²) in [5.74, 6) is -0.171. The van der Waals surface area contributed by atoms with Crippen molar-refractivity contribution in [3.63, 3.8) is 0 Å². The van der Waals surface area contributed by atoms with Crippen molar-refractivity contribution in [2.24, 2.45) is 0 Å². The van der Waals surface area contributed by atoms with Gasteiger partial charge in [0.25, 0.3) is 0 Å². The first kappa shape index (κ1) is 20.9. The second-order valence-electron chi connectivity index (χ2n) is 4.72. The number of hydrogen-bond donors (Lipinski definition) is 3. The molecule has 3 N–H and O–H groups in total. The van der Waals surface area contributed by atoms with Crippen LogP contribution >= 0.6 is 12.4 Å². The van der Waals surface area contributed by atoms with Gasteiger partial charge in [-0.1, -0.05) is 25.1 Å². The Morgan fingerprint density at radius 3 is 2.45 bits per heavy atom. The Morgan fingerprint density at radius 1 is 1.23 bits per heavy atom. The van der Waals surface area contributed by atoms with Crippen molar-refractivity contribution in [2.75, 3.05) is 19.6 Å². The molecule has 0 unspecified atom stereocenters. The first-order valence-electron chi connectivity index (χ1n) is 7.00. The van der Waals surface area contributed by atoms with Gasteiger partial charge in [-0.25, -0.2) is 13.1 Å². The number of carbonyl (C=O) groups is 1. The lowest BCUT2D eigenvalue weighted by molar-refractivity contribution is -0.121. The van der Waals surface area contributed by atoms with Crippen LogP contribution in [0.4, 0.5) is 0 Å². The lowest BCUT2D eigenvalue weighted by Gasteiger charge is -2.13. The monoisotopic (exact) mass is 349 g/mol. The van der Waals surface area contributed by atoms with E-state index < -0.39 is 10.0 Å². The SMILES string of the molecule is CCN[C@H](C)CNC(=O)CCNS(=O)(=O)c1ccccc1.Cl. The Bertz CT molecular complexity index is 538. The van der Waals surface area contributed by atoms with Crippen LogP contribution in [0.3, 0.4) is 0 Å². The van der Waals surface area contributed by atoms with Gasteiger partial charge in [0, 0.05) is 25.6 Å². The van der Waals surface area contributed by atoms with Crippen molar-refractivity contribution in [1.82, 2.24) is 15.4 Å². The summed E-state index contributed by atoms with van der Waals surface area (Å²) in [5, 5.41) is 5.93. The molecule has 1 amide bonds. The van der Waals surface area contributed by atoms with Gasteiger partial charge in [-0.15, -0.1) is 12.4 Å². The van der Waals surface area contributed by atoms with Crippen molar-refractivity contribution < 1.29 is 13.2 Å². The number of likely N-dealkylation sites (N-methyl/N-ethyl adjacent to an activating group) is 1. The molecule has 0 saturated carbocycles. The highest BCUT2D eigenvalue weighted by atomic mass is 35.5. The molecule has 0 aromatic heterocycles. The van der Waals surface area contributed by atoms with Gasteiger partial charge in [0.1, 0.15) is 0 Å². The standard InChI is InChI=1S/C14H23N3O3S.ClH/c1-3-15-12(2)11-16-14(18)9-10-17-21(19,20)13-7-5-4-6-8-13;/h4-8,12,15,17H,3,9-11H2,1-2H3,(H,16,18);1H/t12-;/m1./s1. The fraction of sp³-hybridized carbons (Fsp3) is 0.500. The number of nitrogens with one attached hydrogen (secondary N) is 3. The summed E-state index contributed by atoms with van der Waals surface area (Å²) in [6.45, 7) is 5.42. The van der Waals surface area contributed by atoms with Gasteiger partial charge in [-0.3, -0.25) is 4.79 Å². The number of hydrogen-bond acceptors (Lipinski definition) is 4. The maximum Gasteiger partial charge on any atom is 0.240 e. The molecule has 126 valence electrons. The Labute approximate surface area is 138 Å². The number of amides is 1. The minimum atomic E-state index is -3.54. The first-order chi connectivity index (χ1) is 9.95. The number of carbonyl (C=O) groups excluding carboxylic acids is 1. The molecule has 6 nitrogen and oxygen atoms in total. The Hall–Kier alpha value is -1.15. The van der Waals surface area contributed by atoms with Gasteiger partial charge < -0.3 is 10.6 Å². The lowest BCUT2D eigenvalue weighted by Crippen LogP contribution is -2.39. The molecule has 8 heteroatoms. The summed E-state index contributed by atoms with van der Waals surface area (Å²) in [4.78, 5) is 11.8. The second kappa shape index (κ2) is 10.6. The summed E-state index contributed by atoms with van der Waals surface area (Å²) in [5.41, 5.74) is 0. The van der Waals surface area contributed by atoms with Crippen LogP contribution in [0.1, 0.15) is 20.3 Å². The molecule has 0 heterocycles. The fourth-order valence-electron chi connectivity index (χ4n) is 1.76.